The van der Waals surface area contributed by atoms with E-state index in [0.717, 1.165) is 0 Å². The lowest BCUT2D eigenvalue weighted by molar-refractivity contribution is -0.118. The number of halogens is 1. The molecular weight excluding hydrogens is 340 g/mol. The van der Waals surface area contributed by atoms with Crippen LogP contribution in [0.5, 0.6) is 0 Å². The number of hydrogen-bond donors (Lipinski definition) is 1. The first kappa shape index (κ1) is 15.5. The minimum atomic E-state index is -3.95. The van der Waals surface area contributed by atoms with Gasteiger partial charge in [-0.25, -0.2) is 13.1 Å². The molecule has 118 valence electrons. The van der Waals surface area contributed by atoms with Gasteiger partial charge in [0.05, 0.1) is 11.3 Å². The molecule has 0 aliphatic carbocycles. The van der Waals surface area contributed by atoms with E-state index in [2.05, 4.69) is 5.16 Å². The highest BCUT2D eigenvalue weighted by Crippen LogP contribution is 2.18. The fourth-order valence-corrected chi connectivity index (χ4v) is 3.19. The Labute approximate surface area is 137 Å². The molecule has 1 aromatic heterocycles. The minimum absolute atomic E-state index is 0.0414. The predicted molar refractivity (Wildman–Crippen MR) is 84.5 cm³/mol. The number of nitrogens with zero attached hydrogens (tertiary/aromatic N) is 1. The van der Waals surface area contributed by atoms with Gasteiger partial charge in [0.15, 0.2) is 5.58 Å². The summed E-state index contributed by atoms with van der Waals surface area (Å²) in [4.78, 5) is 12.0. The average molecular weight is 351 g/mol. The van der Waals surface area contributed by atoms with E-state index in [1.54, 1.807) is 24.3 Å². The van der Waals surface area contributed by atoms with Crippen LogP contribution in [-0.4, -0.2) is 19.5 Å². The predicted octanol–water partition coefficient (Wildman–Crippen LogP) is 2.53. The Kier molecular flexibility index (Phi) is 4.06. The average Bonchev–Trinajstić information content (AvgIpc) is 2.90. The van der Waals surface area contributed by atoms with Gasteiger partial charge in [0.25, 0.3) is 10.0 Å². The SMILES string of the molecule is O=C(Cc1noc2ccccc12)NS(=O)(=O)c1ccc(Cl)cc1. The van der Waals surface area contributed by atoms with Crippen molar-refractivity contribution >= 4 is 38.5 Å². The molecule has 0 saturated heterocycles. The van der Waals surface area contributed by atoms with Crippen molar-refractivity contribution < 1.29 is 17.7 Å². The summed E-state index contributed by atoms with van der Waals surface area (Å²) >= 11 is 5.72. The number of carbonyl (C=O) groups is 1. The zero-order valence-electron chi connectivity index (χ0n) is 11.7. The van der Waals surface area contributed by atoms with Gasteiger partial charge in [0.1, 0.15) is 5.69 Å². The quantitative estimate of drug-likeness (QED) is 0.781. The molecule has 1 amide bonds. The van der Waals surface area contributed by atoms with Gasteiger partial charge in [-0.15, -0.1) is 0 Å². The number of nitrogens with one attached hydrogen (secondary N) is 1. The van der Waals surface area contributed by atoms with Crippen molar-refractivity contribution in [2.24, 2.45) is 0 Å². The maximum Gasteiger partial charge on any atom is 0.264 e. The van der Waals surface area contributed by atoms with Gasteiger partial charge < -0.3 is 4.52 Å². The summed E-state index contributed by atoms with van der Waals surface area (Å²) in [5.74, 6) is -0.695. The number of fused-ring (bicyclic) bond motifs is 1. The minimum Gasteiger partial charge on any atom is -0.356 e. The maximum absolute atomic E-state index is 12.1. The van der Waals surface area contributed by atoms with Gasteiger partial charge in [-0.1, -0.05) is 28.9 Å². The van der Waals surface area contributed by atoms with Crippen molar-refractivity contribution in [2.75, 3.05) is 0 Å². The number of para-hydroxylation sites is 1. The summed E-state index contributed by atoms with van der Waals surface area (Å²) in [7, 11) is -3.95. The second kappa shape index (κ2) is 6.02. The third kappa shape index (κ3) is 3.35. The van der Waals surface area contributed by atoms with E-state index >= 15 is 0 Å². The lowest BCUT2D eigenvalue weighted by atomic mass is 10.2. The summed E-state index contributed by atoms with van der Waals surface area (Å²) in [6, 6.07) is 12.6. The molecular formula is C15H11ClN2O4S. The number of sulfonamides is 1. The summed E-state index contributed by atoms with van der Waals surface area (Å²) < 4.78 is 31.3. The molecule has 3 rings (SSSR count). The molecule has 1 N–H and O–H groups in total. The van der Waals surface area contributed by atoms with E-state index in [-0.39, 0.29) is 11.3 Å². The van der Waals surface area contributed by atoms with E-state index in [4.69, 9.17) is 16.1 Å². The van der Waals surface area contributed by atoms with Crippen LogP contribution >= 0.6 is 11.6 Å². The molecule has 2 aromatic carbocycles. The normalized spacial score (nSPS) is 11.5. The van der Waals surface area contributed by atoms with Crippen molar-refractivity contribution in [3.8, 4) is 0 Å². The number of rotatable bonds is 4. The lowest BCUT2D eigenvalue weighted by Gasteiger charge is -2.06. The fourth-order valence-electron chi connectivity index (χ4n) is 2.08. The largest absolute Gasteiger partial charge is 0.356 e. The third-order valence-corrected chi connectivity index (χ3v) is 4.79. The molecule has 0 aliphatic rings. The van der Waals surface area contributed by atoms with E-state index in [0.29, 0.717) is 21.7 Å². The van der Waals surface area contributed by atoms with Gasteiger partial charge in [-0.05, 0) is 36.4 Å². The van der Waals surface area contributed by atoms with Gasteiger partial charge in [-0.3, -0.25) is 4.79 Å². The van der Waals surface area contributed by atoms with Crippen LogP contribution in [0, 0.1) is 0 Å². The Bertz CT molecular complexity index is 965. The highest BCUT2D eigenvalue weighted by Gasteiger charge is 2.19. The summed E-state index contributed by atoms with van der Waals surface area (Å²) in [5.41, 5.74) is 0.917. The number of aromatic nitrogens is 1. The Morgan fingerprint density at radius 2 is 1.83 bits per heavy atom. The second-order valence-electron chi connectivity index (χ2n) is 4.78. The van der Waals surface area contributed by atoms with Crippen LogP contribution < -0.4 is 4.72 Å². The monoisotopic (exact) mass is 350 g/mol. The van der Waals surface area contributed by atoms with Crippen molar-refractivity contribution in [2.45, 2.75) is 11.3 Å². The maximum atomic E-state index is 12.1. The fraction of sp³-hybridized carbons (Fsp3) is 0.0667. The molecule has 6 nitrogen and oxygen atoms in total. The Hall–Kier alpha value is -2.38. The molecule has 1 heterocycles. The first-order valence-electron chi connectivity index (χ1n) is 6.60. The van der Waals surface area contributed by atoms with E-state index < -0.39 is 15.9 Å². The molecule has 0 radical (unpaired) electrons. The van der Waals surface area contributed by atoms with E-state index in [1.807, 2.05) is 4.72 Å². The lowest BCUT2D eigenvalue weighted by Crippen LogP contribution is -2.31. The van der Waals surface area contributed by atoms with E-state index in [9.17, 15) is 13.2 Å². The van der Waals surface area contributed by atoms with Crippen LogP contribution in [0.1, 0.15) is 5.69 Å². The summed E-state index contributed by atoms with van der Waals surface area (Å²) in [5, 5.41) is 4.88. The van der Waals surface area contributed by atoms with Crippen LogP contribution in [0.3, 0.4) is 0 Å². The first-order chi connectivity index (χ1) is 11.0. The molecule has 0 saturated carbocycles. The molecule has 8 heteroatoms. The van der Waals surface area contributed by atoms with Gasteiger partial charge in [0.2, 0.25) is 5.91 Å². The van der Waals surface area contributed by atoms with Crippen molar-refractivity contribution in [3.05, 3.63) is 59.2 Å². The van der Waals surface area contributed by atoms with Gasteiger partial charge >= 0.3 is 0 Å². The van der Waals surface area contributed by atoms with Gasteiger partial charge in [0, 0.05) is 10.4 Å². The zero-order valence-corrected chi connectivity index (χ0v) is 13.3. The molecule has 0 spiro atoms. The Morgan fingerprint density at radius 1 is 1.13 bits per heavy atom. The van der Waals surface area contributed by atoms with Crippen LogP contribution in [0.2, 0.25) is 5.02 Å². The number of hydrogen-bond acceptors (Lipinski definition) is 5. The van der Waals surface area contributed by atoms with Crippen molar-refractivity contribution in [3.63, 3.8) is 0 Å². The summed E-state index contributed by atoms with van der Waals surface area (Å²) in [6.45, 7) is 0. The second-order valence-corrected chi connectivity index (χ2v) is 6.90. The van der Waals surface area contributed by atoms with Crippen LogP contribution in [0.25, 0.3) is 11.0 Å². The highest BCUT2D eigenvalue weighted by molar-refractivity contribution is 7.90. The van der Waals surface area contributed by atoms with Crippen LogP contribution in [0.4, 0.5) is 0 Å². The molecule has 0 fully saturated rings. The molecule has 3 aromatic rings. The molecule has 23 heavy (non-hydrogen) atoms. The number of carbonyl (C=O) groups excluding carboxylic acids is 1. The van der Waals surface area contributed by atoms with Gasteiger partial charge in [-0.2, -0.15) is 0 Å². The Balaban J connectivity index is 1.77. The van der Waals surface area contributed by atoms with Crippen molar-refractivity contribution in [1.29, 1.82) is 0 Å². The molecule has 0 bridgehead atoms. The topological polar surface area (TPSA) is 89.3 Å². The van der Waals surface area contributed by atoms with Crippen molar-refractivity contribution in [1.82, 2.24) is 9.88 Å². The van der Waals surface area contributed by atoms with E-state index in [1.165, 1.54) is 24.3 Å². The Morgan fingerprint density at radius 3 is 2.57 bits per heavy atom. The third-order valence-electron chi connectivity index (χ3n) is 3.15. The summed E-state index contributed by atoms with van der Waals surface area (Å²) in [6.07, 6.45) is -0.205. The molecule has 0 atom stereocenters. The number of amides is 1. The smallest absolute Gasteiger partial charge is 0.264 e. The standard InChI is InChI=1S/C15H11ClN2O4S/c16-10-5-7-11(8-6-10)23(20,21)18-15(19)9-13-12-3-1-2-4-14(12)22-17-13/h1-8H,9H2,(H,18,19). The zero-order chi connectivity index (χ0) is 16.4. The first-order valence-corrected chi connectivity index (χ1v) is 8.46. The van der Waals surface area contributed by atoms with Crippen LogP contribution in [0.15, 0.2) is 57.9 Å². The molecule has 0 unspecified atom stereocenters. The highest BCUT2D eigenvalue weighted by atomic mass is 35.5. The number of benzene rings is 2. The van der Waals surface area contributed by atoms with Crippen LogP contribution in [-0.2, 0) is 21.2 Å². The molecule has 0 aliphatic heterocycles.